The van der Waals surface area contributed by atoms with Crippen molar-refractivity contribution < 1.29 is 23.0 Å². The SMILES string of the molecule is COc1cc(F)c(N2C(=O)c3ccccc3C2F)cc1OC1CCCC1. The van der Waals surface area contributed by atoms with Gasteiger partial charge in [0.2, 0.25) is 6.30 Å². The van der Waals surface area contributed by atoms with Gasteiger partial charge in [0, 0.05) is 23.3 Å². The molecule has 136 valence electrons. The van der Waals surface area contributed by atoms with E-state index in [1.807, 2.05) is 0 Å². The van der Waals surface area contributed by atoms with Gasteiger partial charge < -0.3 is 9.47 Å². The molecule has 2 aliphatic rings. The number of fused-ring (bicyclic) bond motifs is 1. The minimum atomic E-state index is -1.74. The van der Waals surface area contributed by atoms with Crippen molar-refractivity contribution in [2.24, 2.45) is 0 Å². The highest BCUT2D eigenvalue weighted by Crippen LogP contribution is 2.43. The summed E-state index contributed by atoms with van der Waals surface area (Å²) in [4.78, 5) is 13.5. The lowest BCUT2D eigenvalue weighted by molar-refractivity contribution is 0.0974. The van der Waals surface area contributed by atoms with Crippen LogP contribution < -0.4 is 14.4 Å². The maximum Gasteiger partial charge on any atom is 0.261 e. The quantitative estimate of drug-likeness (QED) is 0.737. The molecule has 26 heavy (non-hydrogen) atoms. The van der Waals surface area contributed by atoms with Crippen molar-refractivity contribution in [3.8, 4) is 11.5 Å². The molecule has 0 aromatic heterocycles. The fraction of sp³-hybridized carbons (Fsp3) is 0.350. The van der Waals surface area contributed by atoms with Crippen molar-refractivity contribution in [3.63, 3.8) is 0 Å². The Kier molecular flexibility index (Phi) is 4.26. The van der Waals surface area contributed by atoms with E-state index in [1.54, 1.807) is 18.2 Å². The molecule has 0 N–H and O–H groups in total. The van der Waals surface area contributed by atoms with E-state index in [4.69, 9.17) is 9.47 Å². The van der Waals surface area contributed by atoms with E-state index in [1.165, 1.54) is 19.2 Å². The van der Waals surface area contributed by atoms with E-state index in [-0.39, 0.29) is 28.7 Å². The van der Waals surface area contributed by atoms with Gasteiger partial charge in [-0.3, -0.25) is 9.69 Å². The second-order valence-electron chi connectivity index (χ2n) is 6.58. The smallest absolute Gasteiger partial charge is 0.261 e. The van der Waals surface area contributed by atoms with E-state index in [9.17, 15) is 13.6 Å². The number of hydrogen-bond donors (Lipinski definition) is 0. The van der Waals surface area contributed by atoms with Crippen LogP contribution >= 0.6 is 0 Å². The Morgan fingerprint density at radius 1 is 1.12 bits per heavy atom. The molecule has 1 atom stereocenters. The molecule has 4 nitrogen and oxygen atoms in total. The van der Waals surface area contributed by atoms with Crippen molar-refractivity contribution in [2.45, 2.75) is 38.1 Å². The Balaban J connectivity index is 1.73. The summed E-state index contributed by atoms with van der Waals surface area (Å²) >= 11 is 0. The van der Waals surface area contributed by atoms with Crippen LogP contribution in [0.1, 0.15) is 47.9 Å². The van der Waals surface area contributed by atoms with Crippen LogP contribution in [0.2, 0.25) is 0 Å². The third kappa shape index (κ3) is 2.69. The molecule has 1 heterocycles. The van der Waals surface area contributed by atoms with Crippen LogP contribution in [-0.4, -0.2) is 19.1 Å². The zero-order chi connectivity index (χ0) is 18.3. The molecule has 1 aliphatic heterocycles. The number of amides is 1. The molecule has 1 saturated carbocycles. The van der Waals surface area contributed by atoms with Crippen LogP contribution in [-0.2, 0) is 0 Å². The van der Waals surface area contributed by atoms with Gasteiger partial charge in [0.15, 0.2) is 17.3 Å². The molecule has 4 rings (SSSR count). The van der Waals surface area contributed by atoms with Crippen LogP contribution in [0, 0.1) is 5.82 Å². The first-order valence-corrected chi connectivity index (χ1v) is 8.71. The standard InChI is InChI=1S/C20H19F2NO3/c1-25-17-10-15(21)16(11-18(17)26-12-6-2-3-7-12)23-19(22)13-8-4-5-9-14(13)20(23)24/h4-5,8-12,19H,2-3,6-7H2,1H3. The highest BCUT2D eigenvalue weighted by Gasteiger charge is 2.39. The first kappa shape index (κ1) is 16.8. The van der Waals surface area contributed by atoms with E-state index in [0.29, 0.717) is 5.75 Å². The summed E-state index contributed by atoms with van der Waals surface area (Å²) in [5.74, 6) is -0.738. The predicted molar refractivity (Wildman–Crippen MR) is 92.9 cm³/mol. The lowest BCUT2D eigenvalue weighted by Crippen LogP contribution is -2.26. The number of ether oxygens (including phenoxy) is 2. The second-order valence-corrected chi connectivity index (χ2v) is 6.58. The van der Waals surface area contributed by atoms with Crippen LogP contribution in [0.25, 0.3) is 0 Å². The molecule has 0 saturated heterocycles. The number of nitrogens with zero attached hydrogens (tertiary/aromatic N) is 1. The topological polar surface area (TPSA) is 38.8 Å². The van der Waals surface area contributed by atoms with E-state index < -0.39 is 18.0 Å². The average Bonchev–Trinajstić information content (AvgIpc) is 3.24. The van der Waals surface area contributed by atoms with Gasteiger partial charge in [0.05, 0.1) is 18.9 Å². The molecular weight excluding hydrogens is 340 g/mol. The van der Waals surface area contributed by atoms with E-state index in [2.05, 4.69) is 0 Å². The molecule has 6 heteroatoms. The molecular formula is C20H19F2NO3. The first-order chi connectivity index (χ1) is 12.6. The van der Waals surface area contributed by atoms with Gasteiger partial charge in [-0.05, 0) is 31.7 Å². The average molecular weight is 359 g/mol. The van der Waals surface area contributed by atoms with Crippen molar-refractivity contribution in [2.75, 3.05) is 12.0 Å². The summed E-state index contributed by atoms with van der Waals surface area (Å²) in [5, 5.41) is 0. The maximum atomic E-state index is 14.9. The van der Waals surface area contributed by atoms with Crippen LogP contribution in [0.4, 0.5) is 14.5 Å². The summed E-state index contributed by atoms with van der Waals surface area (Å²) < 4.78 is 40.7. The molecule has 1 unspecified atom stereocenters. The van der Waals surface area contributed by atoms with Gasteiger partial charge in [-0.15, -0.1) is 0 Å². The Hall–Kier alpha value is -2.63. The number of anilines is 1. The summed E-state index contributed by atoms with van der Waals surface area (Å²) in [5.41, 5.74) is 0.340. The van der Waals surface area contributed by atoms with Gasteiger partial charge in [-0.25, -0.2) is 8.78 Å². The lowest BCUT2D eigenvalue weighted by atomic mass is 10.1. The highest BCUT2D eigenvalue weighted by atomic mass is 19.1. The monoisotopic (exact) mass is 359 g/mol. The zero-order valence-electron chi connectivity index (χ0n) is 14.4. The number of benzene rings is 2. The Morgan fingerprint density at radius 3 is 2.54 bits per heavy atom. The fourth-order valence-electron chi connectivity index (χ4n) is 3.65. The van der Waals surface area contributed by atoms with Gasteiger partial charge in [0.1, 0.15) is 0 Å². The minimum Gasteiger partial charge on any atom is -0.493 e. The highest BCUT2D eigenvalue weighted by molar-refractivity contribution is 6.10. The summed E-state index contributed by atoms with van der Waals surface area (Å²) in [6, 6.07) is 8.90. The van der Waals surface area contributed by atoms with Crippen molar-refractivity contribution in [1.82, 2.24) is 0 Å². The Bertz CT molecular complexity index is 849. The van der Waals surface area contributed by atoms with Crippen molar-refractivity contribution in [1.29, 1.82) is 0 Å². The lowest BCUT2D eigenvalue weighted by Gasteiger charge is -2.23. The van der Waals surface area contributed by atoms with Gasteiger partial charge >= 0.3 is 0 Å². The molecule has 1 aliphatic carbocycles. The van der Waals surface area contributed by atoms with Crippen molar-refractivity contribution in [3.05, 3.63) is 53.3 Å². The third-order valence-corrected chi connectivity index (χ3v) is 4.98. The Morgan fingerprint density at radius 2 is 1.85 bits per heavy atom. The predicted octanol–water partition coefficient (Wildman–Crippen LogP) is 4.78. The number of rotatable bonds is 4. The van der Waals surface area contributed by atoms with E-state index >= 15 is 0 Å². The van der Waals surface area contributed by atoms with Crippen LogP contribution in [0.3, 0.4) is 0 Å². The normalized spacial score (nSPS) is 19.7. The summed E-state index contributed by atoms with van der Waals surface area (Å²) in [6.07, 6.45) is 2.27. The van der Waals surface area contributed by atoms with Gasteiger partial charge in [-0.2, -0.15) is 0 Å². The largest absolute Gasteiger partial charge is 0.493 e. The fourth-order valence-corrected chi connectivity index (χ4v) is 3.65. The Labute approximate surface area is 150 Å². The zero-order valence-corrected chi connectivity index (χ0v) is 14.4. The van der Waals surface area contributed by atoms with Gasteiger partial charge in [0.25, 0.3) is 5.91 Å². The summed E-state index contributed by atoms with van der Waals surface area (Å²) in [7, 11) is 1.42. The molecule has 0 spiro atoms. The molecule has 1 fully saturated rings. The molecule has 1 amide bonds. The number of alkyl halides is 1. The van der Waals surface area contributed by atoms with Gasteiger partial charge in [-0.1, -0.05) is 18.2 Å². The number of hydrogen-bond acceptors (Lipinski definition) is 3. The van der Waals surface area contributed by atoms with Crippen LogP contribution in [0.5, 0.6) is 11.5 Å². The maximum absolute atomic E-state index is 14.9. The minimum absolute atomic E-state index is 0.0230. The third-order valence-electron chi connectivity index (χ3n) is 4.98. The molecule has 2 aromatic rings. The number of methoxy groups -OCH3 is 1. The van der Waals surface area contributed by atoms with E-state index in [0.717, 1.165) is 36.6 Å². The molecule has 2 aromatic carbocycles. The number of carbonyl (C=O) groups is 1. The number of halogens is 2. The van der Waals surface area contributed by atoms with Crippen LogP contribution in [0.15, 0.2) is 36.4 Å². The first-order valence-electron chi connectivity index (χ1n) is 8.71. The second kappa shape index (κ2) is 6.59. The summed E-state index contributed by atoms with van der Waals surface area (Å²) in [6.45, 7) is 0. The van der Waals surface area contributed by atoms with Crippen molar-refractivity contribution >= 4 is 11.6 Å². The molecule has 0 radical (unpaired) electrons. The molecule has 0 bridgehead atoms. The number of carbonyl (C=O) groups excluding carboxylic acids is 1.